The van der Waals surface area contributed by atoms with Crippen molar-refractivity contribution in [2.75, 3.05) is 26.2 Å². The second kappa shape index (κ2) is 9.03. The SMILES string of the molecule is CCc1cc(C(=O)N2CCN(Cc3nc(-c4cccc(C(F)(F)F)c4)no3)CC2)sc1C. The van der Waals surface area contributed by atoms with Crippen LogP contribution in [0.3, 0.4) is 0 Å². The molecule has 0 aliphatic carbocycles. The fourth-order valence-electron chi connectivity index (χ4n) is 3.70. The van der Waals surface area contributed by atoms with Crippen LogP contribution in [0.2, 0.25) is 0 Å². The summed E-state index contributed by atoms with van der Waals surface area (Å²) in [6.07, 6.45) is -3.52. The maximum absolute atomic E-state index is 12.9. The van der Waals surface area contributed by atoms with E-state index >= 15 is 0 Å². The van der Waals surface area contributed by atoms with E-state index in [9.17, 15) is 18.0 Å². The Morgan fingerprint density at radius 3 is 2.59 bits per heavy atom. The van der Waals surface area contributed by atoms with Gasteiger partial charge >= 0.3 is 6.18 Å². The Kier molecular flexibility index (Phi) is 6.34. The highest BCUT2D eigenvalue weighted by Crippen LogP contribution is 2.31. The lowest BCUT2D eigenvalue weighted by atomic mass is 10.1. The van der Waals surface area contributed by atoms with Gasteiger partial charge in [0.2, 0.25) is 11.7 Å². The first-order valence-electron chi connectivity index (χ1n) is 10.4. The molecule has 0 bridgehead atoms. The van der Waals surface area contributed by atoms with Gasteiger partial charge in [-0.3, -0.25) is 9.69 Å². The van der Waals surface area contributed by atoms with Crippen LogP contribution < -0.4 is 0 Å². The molecule has 0 saturated carbocycles. The van der Waals surface area contributed by atoms with E-state index in [1.807, 2.05) is 17.9 Å². The van der Waals surface area contributed by atoms with Gasteiger partial charge in [0.25, 0.3) is 5.91 Å². The number of hydrogen-bond donors (Lipinski definition) is 0. The first kappa shape index (κ1) is 22.5. The zero-order valence-corrected chi connectivity index (χ0v) is 18.6. The molecule has 4 rings (SSSR count). The van der Waals surface area contributed by atoms with Gasteiger partial charge in [0.15, 0.2) is 0 Å². The van der Waals surface area contributed by atoms with E-state index in [0.717, 1.165) is 23.4 Å². The summed E-state index contributed by atoms with van der Waals surface area (Å²) in [5, 5.41) is 3.83. The number of piperazine rings is 1. The summed E-state index contributed by atoms with van der Waals surface area (Å²) >= 11 is 1.54. The van der Waals surface area contributed by atoms with Gasteiger partial charge in [0.05, 0.1) is 17.0 Å². The lowest BCUT2D eigenvalue weighted by molar-refractivity contribution is -0.137. The Balaban J connectivity index is 1.35. The molecule has 170 valence electrons. The predicted octanol–water partition coefficient (Wildman–Crippen LogP) is 4.65. The smallest absolute Gasteiger partial charge is 0.338 e. The van der Waals surface area contributed by atoms with E-state index in [4.69, 9.17) is 4.52 Å². The molecule has 10 heteroatoms. The average molecular weight is 465 g/mol. The van der Waals surface area contributed by atoms with Gasteiger partial charge in [0.1, 0.15) is 0 Å². The molecule has 1 aliphatic rings. The molecular formula is C22H23F3N4O2S. The van der Waals surface area contributed by atoms with Gasteiger partial charge < -0.3 is 9.42 Å². The molecule has 3 aromatic rings. The van der Waals surface area contributed by atoms with Crippen LogP contribution in [0, 0.1) is 6.92 Å². The third kappa shape index (κ3) is 4.86. The number of aromatic nitrogens is 2. The van der Waals surface area contributed by atoms with E-state index in [1.54, 1.807) is 0 Å². The molecule has 3 heterocycles. The highest BCUT2D eigenvalue weighted by molar-refractivity contribution is 7.14. The second-order valence-corrected chi connectivity index (χ2v) is 8.96. The number of nitrogens with zero attached hydrogens (tertiary/aromatic N) is 4. The molecule has 2 aromatic heterocycles. The van der Waals surface area contributed by atoms with Crippen LogP contribution in [0.25, 0.3) is 11.4 Å². The lowest BCUT2D eigenvalue weighted by Crippen LogP contribution is -2.48. The molecule has 0 radical (unpaired) electrons. The first-order valence-corrected chi connectivity index (χ1v) is 11.2. The van der Waals surface area contributed by atoms with Crippen molar-refractivity contribution in [2.45, 2.75) is 33.0 Å². The molecule has 1 saturated heterocycles. The minimum absolute atomic E-state index is 0.0575. The summed E-state index contributed by atoms with van der Waals surface area (Å²) in [4.78, 5) is 23.0. The number of alkyl halides is 3. The Morgan fingerprint density at radius 1 is 1.19 bits per heavy atom. The summed E-state index contributed by atoms with van der Waals surface area (Å²) in [5.74, 6) is 0.514. The number of thiophene rings is 1. The fourth-order valence-corrected chi connectivity index (χ4v) is 4.79. The molecule has 1 aliphatic heterocycles. The predicted molar refractivity (Wildman–Crippen MR) is 114 cm³/mol. The minimum Gasteiger partial charge on any atom is -0.338 e. The molecule has 0 unspecified atom stereocenters. The van der Waals surface area contributed by atoms with Crippen LogP contribution in [-0.2, 0) is 19.1 Å². The van der Waals surface area contributed by atoms with Gasteiger partial charge in [-0.05, 0) is 37.1 Å². The molecular weight excluding hydrogens is 441 g/mol. The zero-order chi connectivity index (χ0) is 22.9. The molecule has 0 N–H and O–H groups in total. The standard InChI is InChI=1S/C22H23F3N4O2S/c1-3-15-12-18(32-14(15)2)21(30)29-9-7-28(8-10-29)13-19-26-20(27-31-19)16-5-4-6-17(11-16)22(23,24)25/h4-6,11-12H,3,7-10,13H2,1-2H3. The van der Waals surface area contributed by atoms with E-state index in [-0.39, 0.29) is 17.3 Å². The molecule has 1 fully saturated rings. The van der Waals surface area contributed by atoms with Crippen molar-refractivity contribution in [3.63, 3.8) is 0 Å². The molecule has 0 atom stereocenters. The summed E-state index contributed by atoms with van der Waals surface area (Å²) in [6.45, 7) is 6.98. The van der Waals surface area contributed by atoms with E-state index < -0.39 is 11.7 Å². The van der Waals surface area contributed by atoms with Crippen molar-refractivity contribution in [1.29, 1.82) is 0 Å². The fraction of sp³-hybridized carbons (Fsp3) is 0.409. The van der Waals surface area contributed by atoms with E-state index in [2.05, 4.69) is 22.0 Å². The molecule has 0 spiro atoms. The van der Waals surface area contributed by atoms with Crippen LogP contribution in [0.4, 0.5) is 13.2 Å². The number of benzene rings is 1. The third-order valence-electron chi connectivity index (χ3n) is 5.55. The van der Waals surface area contributed by atoms with Crippen molar-refractivity contribution in [2.24, 2.45) is 0 Å². The number of amides is 1. The van der Waals surface area contributed by atoms with Crippen molar-refractivity contribution >= 4 is 17.2 Å². The molecule has 6 nitrogen and oxygen atoms in total. The summed E-state index contributed by atoms with van der Waals surface area (Å²) in [5.41, 5.74) is 0.710. The topological polar surface area (TPSA) is 62.5 Å². The quantitative estimate of drug-likeness (QED) is 0.550. The molecule has 1 amide bonds. The Labute approximate surface area is 187 Å². The molecule has 1 aromatic carbocycles. The first-order chi connectivity index (χ1) is 15.2. The number of carbonyl (C=O) groups is 1. The van der Waals surface area contributed by atoms with Crippen LogP contribution in [0.1, 0.15) is 38.5 Å². The van der Waals surface area contributed by atoms with Crippen LogP contribution in [0.15, 0.2) is 34.9 Å². The Morgan fingerprint density at radius 2 is 1.94 bits per heavy atom. The Hall–Kier alpha value is -2.72. The highest BCUT2D eigenvalue weighted by Gasteiger charge is 2.31. The molecule has 32 heavy (non-hydrogen) atoms. The van der Waals surface area contributed by atoms with Crippen molar-refractivity contribution < 1.29 is 22.5 Å². The maximum Gasteiger partial charge on any atom is 0.416 e. The van der Waals surface area contributed by atoms with Crippen molar-refractivity contribution in [3.05, 3.63) is 57.1 Å². The number of hydrogen-bond acceptors (Lipinski definition) is 6. The highest BCUT2D eigenvalue weighted by atomic mass is 32.1. The van der Waals surface area contributed by atoms with Crippen LogP contribution in [-0.4, -0.2) is 52.0 Å². The minimum atomic E-state index is -4.43. The summed E-state index contributed by atoms with van der Waals surface area (Å²) < 4.78 is 44.1. The van der Waals surface area contributed by atoms with Gasteiger partial charge in [-0.15, -0.1) is 11.3 Å². The van der Waals surface area contributed by atoms with Crippen LogP contribution in [0.5, 0.6) is 0 Å². The third-order valence-corrected chi connectivity index (χ3v) is 6.63. The number of carbonyl (C=O) groups excluding carboxylic acids is 1. The second-order valence-electron chi connectivity index (χ2n) is 7.70. The largest absolute Gasteiger partial charge is 0.416 e. The van der Waals surface area contributed by atoms with Crippen molar-refractivity contribution in [3.8, 4) is 11.4 Å². The van der Waals surface area contributed by atoms with Gasteiger partial charge in [0, 0.05) is 36.6 Å². The summed E-state index contributed by atoms with van der Waals surface area (Å²) in [6, 6.07) is 6.84. The number of halogens is 3. The van der Waals surface area contributed by atoms with Crippen LogP contribution >= 0.6 is 11.3 Å². The lowest BCUT2D eigenvalue weighted by Gasteiger charge is -2.33. The van der Waals surface area contributed by atoms with Gasteiger partial charge in [-0.2, -0.15) is 18.2 Å². The van der Waals surface area contributed by atoms with E-state index in [0.29, 0.717) is 38.6 Å². The summed E-state index contributed by atoms with van der Waals surface area (Å²) in [7, 11) is 0. The average Bonchev–Trinajstić information content (AvgIpc) is 3.39. The number of aryl methyl sites for hydroxylation is 2. The Bertz CT molecular complexity index is 1100. The zero-order valence-electron chi connectivity index (χ0n) is 17.8. The van der Waals surface area contributed by atoms with E-state index in [1.165, 1.54) is 33.9 Å². The van der Waals surface area contributed by atoms with Crippen molar-refractivity contribution in [1.82, 2.24) is 19.9 Å². The maximum atomic E-state index is 12.9. The normalized spacial score (nSPS) is 15.3. The van der Waals surface area contributed by atoms with Gasteiger partial charge in [-0.1, -0.05) is 24.2 Å². The van der Waals surface area contributed by atoms with Gasteiger partial charge in [-0.25, -0.2) is 0 Å². The number of rotatable bonds is 5. The monoisotopic (exact) mass is 464 g/mol.